The van der Waals surface area contributed by atoms with E-state index in [1.165, 1.54) is 24.3 Å². The molecule has 1 rings (SSSR count). The fourth-order valence-electron chi connectivity index (χ4n) is 1.98. The minimum atomic E-state index is -1.15. The molecule has 2 N–H and O–H groups in total. The fraction of sp³-hybridized carbons (Fsp3) is 0.500. The molecule has 0 amide bonds. The highest BCUT2D eigenvalue weighted by atomic mass is 19.1. The van der Waals surface area contributed by atoms with Crippen LogP contribution in [0, 0.1) is 5.82 Å². The Balaban J connectivity index is 3.18. The van der Waals surface area contributed by atoms with Gasteiger partial charge in [0.1, 0.15) is 11.4 Å². The molecule has 2 unspecified atom stereocenters. The summed E-state index contributed by atoms with van der Waals surface area (Å²) in [5.74, 6) is -1.30. The molecule has 1 aromatic carbocycles. The number of benzene rings is 1. The largest absolute Gasteiger partial charge is 0.480 e. The molecule has 0 radical (unpaired) electrons. The summed E-state index contributed by atoms with van der Waals surface area (Å²) in [7, 11) is 0. The zero-order chi connectivity index (χ0) is 13.8. The van der Waals surface area contributed by atoms with Crippen LogP contribution in [0.4, 0.5) is 4.39 Å². The third kappa shape index (κ3) is 2.88. The number of nitrogens with one attached hydrogen (secondary N) is 1. The number of rotatable bonds is 6. The van der Waals surface area contributed by atoms with E-state index < -0.39 is 11.5 Å². The van der Waals surface area contributed by atoms with Crippen molar-refractivity contribution in [2.75, 3.05) is 0 Å². The normalized spacial score (nSPS) is 16.0. The van der Waals surface area contributed by atoms with E-state index >= 15 is 0 Å². The van der Waals surface area contributed by atoms with Crippen LogP contribution >= 0.6 is 0 Å². The molecular weight excluding hydrogens is 233 g/mol. The highest BCUT2D eigenvalue weighted by molar-refractivity contribution is 5.80. The first-order valence-corrected chi connectivity index (χ1v) is 6.23. The summed E-state index contributed by atoms with van der Waals surface area (Å²) in [6, 6.07) is 5.72. The van der Waals surface area contributed by atoms with Crippen LogP contribution in [0.3, 0.4) is 0 Å². The summed E-state index contributed by atoms with van der Waals surface area (Å²) in [6.45, 7) is 5.74. The number of carboxylic acids is 1. The highest BCUT2D eigenvalue weighted by Crippen LogP contribution is 2.27. The number of hydrogen-bond donors (Lipinski definition) is 2. The van der Waals surface area contributed by atoms with Gasteiger partial charge in [0, 0.05) is 6.04 Å². The van der Waals surface area contributed by atoms with Crippen molar-refractivity contribution in [2.45, 2.75) is 45.2 Å². The van der Waals surface area contributed by atoms with E-state index in [-0.39, 0.29) is 11.9 Å². The van der Waals surface area contributed by atoms with Gasteiger partial charge in [0.05, 0.1) is 0 Å². The molecule has 100 valence electrons. The van der Waals surface area contributed by atoms with Gasteiger partial charge < -0.3 is 5.11 Å². The smallest absolute Gasteiger partial charge is 0.328 e. The van der Waals surface area contributed by atoms with Gasteiger partial charge in [-0.05, 0) is 37.5 Å². The first-order valence-electron chi connectivity index (χ1n) is 6.23. The lowest BCUT2D eigenvalue weighted by atomic mass is 9.86. The Bertz CT molecular complexity index is 405. The van der Waals surface area contributed by atoms with E-state index in [1.54, 1.807) is 0 Å². The highest BCUT2D eigenvalue weighted by Gasteiger charge is 2.39. The molecule has 2 atom stereocenters. The molecule has 1 aromatic rings. The Morgan fingerprint density at radius 3 is 2.33 bits per heavy atom. The van der Waals surface area contributed by atoms with E-state index in [2.05, 4.69) is 5.32 Å². The van der Waals surface area contributed by atoms with E-state index in [0.29, 0.717) is 12.0 Å². The van der Waals surface area contributed by atoms with Gasteiger partial charge in [-0.15, -0.1) is 0 Å². The maximum Gasteiger partial charge on any atom is 0.328 e. The zero-order valence-corrected chi connectivity index (χ0v) is 11.0. The van der Waals surface area contributed by atoms with Crippen LogP contribution < -0.4 is 5.32 Å². The third-order valence-corrected chi connectivity index (χ3v) is 3.34. The van der Waals surface area contributed by atoms with Crippen LogP contribution in [0.1, 0.15) is 39.2 Å². The Labute approximate surface area is 107 Å². The number of aliphatic carboxylic acids is 1. The number of halogens is 1. The second kappa shape index (κ2) is 5.96. The van der Waals surface area contributed by atoms with Crippen LogP contribution in [0.25, 0.3) is 0 Å². The second-order valence-electron chi connectivity index (χ2n) is 4.52. The number of hydrogen-bond acceptors (Lipinski definition) is 2. The summed E-state index contributed by atoms with van der Waals surface area (Å²) in [6.07, 6.45) is 1.23. The minimum absolute atomic E-state index is 0.0751. The van der Waals surface area contributed by atoms with Gasteiger partial charge in [-0.3, -0.25) is 5.32 Å². The van der Waals surface area contributed by atoms with Crippen LogP contribution in [0.5, 0.6) is 0 Å². The Morgan fingerprint density at radius 1 is 1.39 bits per heavy atom. The molecule has 0 spiro atoms. The van der Waals surface area contributed by atoms with Gasteiger partial charge in [0.15, 0.2) is 0 Å². The van der Waals surface area contributed by atoms with Crippen molar-refractivity contribution in [3.8, 4) is 0 Å². The molecule has 0 aliphatic heterocycles. The Kier molecular flexibility index (Phi) is 4.84. The topological polar surface area (TPSA) is 49.3 Å². The predicted octanol–water partition coefficient (Wildman–Crippen LogP) is 2.90. The van der Waals surface area contributed by atoms with E-state index in [1.807, 2.05) is 20.8 Å². The summed E-state index contributed by atoms with van der Waals surface area (Å²) in [5.41, 5.74) is -0.567. The van der Waals surface area contributed by atoms with Gasteiger partial charge >= 0.3 is 5.97 Å². The van der Waals surface area contributed by atoms with Gasteiger partial charge in [-0.2, -0.15) is 0 Å². The fourth-order valence-corrected chi connectivity index (χ4v) is 1.98. The van der Waals surface area contributed by atoms with E-state index in [4.69, 9.17) is 0 Å². The van der Waals surface area contributed by atoms with Crippen molar-refractivity contribution in [1.29, 1.82) is 0 Å². The molecule has 3 nitrogen and oxygen atoms in total. The molecule has 0 saturated carbocycles. The van der Waals surface area contributed by atoms with Crippen molar-refractivity contribution in [3.05, 3.63) is 35.6 Å². The standard InChI is InChI=1S/C14H20FNO2/c1-4-10(3)16-14(5-2,13(17)18)11-6-8-12(15)9-7-11/h6-10,16H,4-5H2,1-3H3,(H,17,18). The first kappa shape index (κ1) is 14.6. The van der Waals surface area contributed by atoms with Crippen LogP contribution in [-0.2, 0) is 10.3 Å². The molecule has 0 aromatic heterocycles. The summed E-state index contributed by atoms with van der Waals surface area (Å²) >= 11 is 0. The molecule has 0 aliphatic carbocycles. The van der Waals surface area contributed by atoms with Gasteiger partial charge in [0.2, 0.25) is 0 Å². The summed E-state index contributed by atoms with van der Waals surface area (Å²) in [4.78, 5) is 11.6. The zero-order valence-electron chi connectivity index (χ0n) is 11.0. The molecule has 18 heavy (non-hydrogen) atoms. The van der Waals surface area contributed by atoms with Gasteiger partial charge in [-0.25, -0.2) is 9.18 Å². The number of carbonyl (C=O) groups is 1. The average Bonchev–Trinajstić information content (AvgIpc) is 2.36. The van der Waals surface area contributed by atoms with Crippen LogP contribution in [0.15, 0.2) is 24.3 Å². The van der Waals surface area contributed by atoms with Crippen molar-refractivity contribution < 1.29 is 14.3 Å². The lowest BCUT2D eigenvalue weighted by molar-refractivity contribution is -0.146. The molecule has 4 heteroatoms. The SMILES string of the molecule is CCC(C)NC(CC)(C(=O)O)c1ccc(F)cc1. The molecule has 0 aliphatic rings. The van der Waals surface area contributed by atoms with E-state index in [9.17, 15) is 14.3 Å². The Morgan fingerprint density at radius 2 is 1.94 bits per heavy atom. The summed E-state index contributed by atoms with van der Waals surface area (Å²) in [5, 5.41) is 12.7. The first-order chi connectivity index (χ1) is 8.46. The van der Waals surface area contributed by atoms with Gasteiger partial charge in [-0.1, -0.05) is 26.0 Å². The van der Waals surface area contributed by atoms with Crippen molar-refractivity contribution in [3.63, 3.8) is 0 Å². The van der Waals surface area contributed by atoms with E-state index in [0.717, 1.165) is 6.42 Å². The summed E-state index contributed by atoms with van der Waals surface area (Å²) < 4.78 is 12.9. The monoisotopic (exact) mass is 253 g/mol. The molecule has 0 fully saturated rings. The quantitative estimate of drug-likeness (QED) is 0.819. The Hall–Kier alpha value is -1.42. The minimum Gasteiger partial charge on any atom is -0.480 e. The van der Waals surface area contributed by atoms with Crippen LogP contribution in [-0.4, -0.2) is 17.1 Å². The number of carboxylic acid groups (broad SMARTS) is 1. The second-order valence-corrected chi connectivity index (χ2v) is 4.52. The van der Waals surface area contributed by atoms with Crippen molar-refractivity contribution in [1.82, 2.24) is 5.32 Å². The maximum absolute atomic E-state index is 12.9. The lowest BCUT2D eigenvalue weighted by Crippen LogP contribution is -2.52. The van der Waals surface area contributed by atoms with Crippen LogP contribution in [0.2, 0.25) is 0 Å². The molecule has 0 heterocycles. The lowest BCUT2D eigenvalue weighted by Gasteiger charge is -2.33. The molecule has 0 saturated heterocycles. The van der Waals surface area contributed by atoms with Gasteiger partial charge in [0.25, 0.3) is 0 Å². The maximum atomic E-state index is 12.9. The van der Waals surface area contributed by atoms with Crippen molar-refractivity contribution in [2.24, 2.45) is 0 Å². The average molecular weight is 253 g/mol. The molecule has 0 bridgehead atoms. The predicted molar refractivity (Wildman–Crippen MR) is 68.9 cm³/mol. The molecular formula is C14H20FNO2. The van der Waals surface area contributed by atoms with Crippen molar-refractivity contribution >= 4 is 5.97 Å². The third-order valence-electron chi connectivity index (χ3n) is 3.34.